The van der Waals surface area contributed by atoms with E-state index in [9.17, 15) is 29.8 Å². The normalized spacial score (nSPS) is 11.6. The number of non-ortho nitro benzene ring substituents is 1. The molecule has 0 fully saturated rings. The Morgan fingerprint density at radius 2 is 1.85 bits per heavy atom. The lowest BCUT2D eigenvalue weighted by Gasteiger charge is -2.09. The summed E-state index contributed by atoms with van der Waals surface area (Å²) in [4.78, 5) is 48.5. The zero-order valence-electron chi connectivity index (χ0n) is 14.6. The number of nitro groups is 2. The Balaban J connectivity index is 2.55. The average Bonchev–Trinajstić information content (AvgIpc) is 2.60. The van der Waals surface area contributed by atoms with E-state index >= 15 is 0 Å². The molecule has 1 aromatic rings. The Hall–Kier alpha value is -2.88. The van der Waals surface area contributed by atoms with Gasteiger partial charge in [-0.3, -0.25) is 29.8 Å². The number of benzene rings is 1. The molecule has 0 aromatic heterocycles. The Kier molecular flexibility index (Phi) is 8.29. The standard InChI is InChI=1S/C16H21N3O7/c1-11(16(21)26-17-2)6-4-3-5-7-15(20)13-9-8-12(18(22)23)10-14(13)19(24)25/h8-11,17H,3-7H2,1-2H3. The van der Waals surface area contributed by atoms with E-state index in [1.54, 1.807) is 6.92 Å². The first-order valence-corrected chi connectivity index (χ1v) is 8.11. The molecule has 0 aliphatic rings. The van der Waals surface area contributed by atoms with E-state index in [4.69, 9.17) is 0 Å². The fourth-order valence-electron chi connectivity index (χ4n) is 2.39. The summed E-state index contributed by atoms with van der Waals surface area (Å²) in [6.45, 7) is 1.74. The van der Waals surface area contributed by atoms with Crippen LogP contribution in [0.2, 0.25) is 0 Å². The van der Waals surface area contributed by atoms with Gasteiger partial charge in [0.15, 0.2) is 5.78 Å². The number of Topliss-reactive ketones (excluding diaryl/α,β-unsaturated/α-hetero) is 1. The minimum Gasteiger partial charge on any atom is -0.371 e. The van der Waals surface area contributed by atoms with Crippen molar-refractivity contribution in [1.29, 1.82) is 0 Å². The molecule has 0 radical (unpaired) electrons. The Morgan fingerprint density at radius 1 is 1.15 bits per heavy atom. The highest BCUT2D eigenvalue weighted by Crippen LogP contribution is 2.26. The molecule has 10 heteroatoms. The van der Waals surface area contributed by atoms with Gasteiger partial charge in [-0.2, -0.15) is 5.48 Å². The molecule has 0 saturated heterocycles. The summed E-state index contributed by atoms with van der Waals surface area (Å²) >= 11 is 0. The molecule has 0 bridgehead atoms. The number of rotatable bonds is 11. The zero-order chi connectivity index (χ0) is 19.7. The van der Waals surface area contributed by atoms with Crippen molar-refractivity contribution in [3.8, 4) is 0 Å². The first-order valence-electron chi connectivity index (χ1n) is 8.11. The van der Waals surface area contributed by atoms with Crippen molar-refractivity contribution in [2.45, 2.75) is 39.0 Å². The fourth-order valence-corrected chi connectivity index (χ4v) is 2.39. The quantitative estimate of drug-likeness (QED) is 0.272. The Bertz CT molecular complexity index is 690. The third-order valence-electron chi connectivity index (χ3n) is 3.84. The first-order chi connectivity index (χ1) is 12.3. The zero-order valence-corrected chi connectivity index (χ0v) is 14.6. The van der Waals surface area contributed by atoms with Crippen LogP contribution in [0.5, 0.6) is 0 Å². The molecule has 1 atom stereocenters. The molecular formula is C16H21N3O7. The summed E-state index contributed by atoms with van der Waals surface area (Å²) in [7, 11) is 1.49. The van der Waals surface area contributed by atoms with Crippen LogP contribution in [0.1, 0.15) is 49.4 Å². The van der Waals surface area contributed by atoms with E-state index in [-0.39, 0.29) is 23.9 Å². The third-order valence-corrected chi connectivity index (χ3v) is 3.84. The maximum Gasteiger partial charge on any atom is 0.327 e. The topological polar surface area (TPSA) is 142 Å². The number of hydroxylamine groups is 1. The number of nitrogens with zero attached hydrogens (tertiary/aromatic N) is 2. The average molecular weight is 367 g/mol. The van der Waals surface area contributed by atoms with Crippen molar-refractivity contribution in [2.75, 3.05) is 7.05 Å². The van der Waals surface area contributed by atoms with E-state index in [1.165, 1.54) is 7.05 Å². The van der Waals surface area contributed by atoms with Gasteiger partial charge in [0.1, 0.15) is 0 Å². The van der Waals surface area contributed by atoms with Crippen LogP contribution in [-0.2, 0) is 9.63 Å². The van der Waals surface area contributed by atoms with Crippen LogP contribution >= 0.6 is 0 Å². The van der Waals surface area contributed by atoms with Crippen LogP contribution in [0.3, 0.4) is 0 Å². The predicted molar refractivity (Wildman–Crippen MR) is 91.5 cm³/mol. The van der Waals surface area contributed by atoms with Crippen molar-refractivity contribution in [2.24, 2.45) is 5.92 Å². The molecule has 0 aliphatic carbocycles. The van der Waals surface area contributed by atoms with Crippen molar-refractivity contribution in [3.63, 3.8) is 0 Å². The number of nitrogens with one attached hydrogen (secondary N) is 1. The van der Waals surface area contributed by atoms with Gasteiger partial charge in [0.05, 0.1) is 27.4 Å². The maximum atomic E-state index is 12.2. The van der Waals surface area contributed by atoms with E-state index in [2.05, 4.69) is 10.3 Å². The van der Waals surface area contributed by atoms with E-state index < -0.39 is 27.0 Å². The molecule has 1 N–H and O–H groups in total. The van der Waals surface area contributed by atoms with Gasteiger partial charge >= 0.3 is 5.97 Å². The lowest BCUT2D eigenvalue weighted by atomic mass is 9.99. The van der Waals surface area contributed by atoms with Gasteiger partial charge in [-0.25, -0.2) is 0 Å². The maximum absolute atomic E-state index is 12.2. The predicted octanol–water partition coefficient (Wildman–Crippen LogP) is 2.95. The molecule has 0 saturated carbocycles. The summed E-state index contributed by atoms with van der Waals surface area (Å²) in [5.41, 5.74) is 1.19. The number of hydrogen-bond donors (Lipinski definition) is 1. The number of carbonyl (C=O) groups is 2. The van der Waals surface area contributed by atoms with E-state index in [1.807, 2.05) is 0 Å². The lowest BCUT2D eigenvalue weighted by Crippen LogP contribution is -2.21. The van der Waals surface area contributed by atoms with Gasteiger partial charge in [0.2, 0.25) is 0 Å². The van der Waals surface area contributed by atoms with Crippen LogP contribution < -0.4 is 5.48 Å². The van der Waals surface area contributed by atoms with Gasteiger partial charge in [0, 0.05) is 19.5 Å². The van der Waals surface area contributed by atoms with Crippen LogP contribution in [0, 0.1) is 26.1 Å². The molecule has 0 spiro atoms. The van der Waals surface area contributed by atoms with Crippen molar-refractivity contribution < 1.29 is 24.3 Å². The number of carbonyl (C=O) groups excluding carboxylic acids is 2. The van der Waals surface area contributed by atoms with Gasteiger partial charge < -0.3 is 4.84 Å². The minimum atomic E-state index is -0.796. The molecule has 1 unspecified atom stereocenters. The minimum absolute atomic E-state index is 0.0913. The highest BCUT2D eigenvalue weighted by atomic mass is 16.7. The first kappa shape index (κ1) is 21.2. The Labute approximate surface area is 149 Å². The molecule has 1 rings (SSSR count). The fraction of sp³-hybridized carbons (Fsp3) is 0.500. The molecule has 142 valence electrons. The molecule has 0 heterocycles. The molecule has 0 aliphatic heterocycles. The van der Waals surface area contributed by atoms with Crippen molar-refractivity contribution >= 4 is 23.1 Å². The highest BCUT2D eigenvalue weighted by Gasteiger charge is 2.23. The molecule has 1 aromatic carbocycles. The van der Waals surface area contributed by atoms with Gasteiger partial charge in [-0.1, -0.05) is 19.8 Å². The van der Waals surface area contributed by atoms with E-state index in [0.29, 0.717) is 25.7 Å². The second kappa shape index (κ2) is 10.2. The van der Waals surface area contributed by atoms with Crippen molar-refractivity contribution in [1.82, 2.24) is 5.48 Å². The monoisotopic (exact) mass is 367 g/mol. The summed E-state index contributed by atoms with van der Waals surface area (Å²) in [5, 5.41) is 21.8. The summed E-state index contributed by atoms with van der Waals surface area (Å²) in [5.74, 6) is -1.06. The molecule has 10 nitrogen and oxygen atoms in total. The molecule has 0 amide bonds. The van der Waals surface area contributed by atoms with Gasteiger partial charge in [0.25, 0.3) is 11.4 Å². The smallest absolute Gasteiger partial charge is 0.327 e. The van der Waals surface area contributed by atoms with Crippen LogP contribution in [0.15, 0.2) is 18.2 Å². The lowest BCUT2D eigenvalue weighted by molar-refractivity contribution is -0.394. The third kappa shape index (κ3) is 6.20. The van der Waals surface area contributed by atoms with Crippen molar-refractivity contribution in [3.05, 3.63) is 44.0 Å². The summed E-state index contributed by atoms with van der Waals surface area (Å²) < 4.78 is 0. The van der Waals surface area contributed by atoms with Crippen LogP contribution in [0.25, 0.3) is 0 Å². The van der Waals surface area contributed by atoms with Crippen LogP contribution in [-0.4, -0.2) is 28.6 Å². The summed E-state index contributed by atoms with van der Waals surface area (Å²) in [6.07, 6.45) is 2.57. The SMILES string of the molecule is CNOC(=O)C(C)CCCCCC(=O)c1ccc([N+](=O)[O-])cc1[N+](=O)[O-]. The number of hydrogen-bond acceptors (Lipinski definition) is 8. The Morgan fingerprint density at radius 3 is 2.42 bits per heavy atom. The number of nitro benzene ring substituents is 2. The second-order valence-electron chi connectivity index (χ2n) is 5.76. The highest BCUT2D eigenvalue weighted by molar-refractivity contribution is 6.00. The van der Waals surface area contributed by atoms with E-state index in [0.717, 1.165) is 18.2 Å². The summed E-state index contributed by atoms with van der Waals surface area (Å²) in [6, 6.07) is 2.99. The molecular weight excluding hydrogens is 346 g/mol. The van der Waals surface area contributed by atoms with Crippen LogP contribution in [0.4, 0.5) is 11.4 Å². The number of unbranched alkanes of at least 4 members (excludes halogenated alkanes) is 2. The largest absolute Gasteiger partial charge is 0.371 e. The molecule has 26 heavy (non-hydrogen) atoms. The number of ketones is 1. The second-order valence-corrected chi connectivity index (χ2v) is 5.76. The van der Waals surface area contributed by atoms with Gasteiger partial charge in [-0.05, 0) is 18.9 Å². The van der Waals surface area contributed by atoms with Gasteiger partial charge in [-0.15, -0.1) is 0 Å².